The van der Waals surface area contributed by atoms with E-state index >= 15 is 0 Å². The van der Waals surface area contributed by atoms with Gasteiger partial charge in [0.15, 0.2) is 16.6 Å². The van der Waals surface area contributed by atoms with E-state index in [9.17, 15) is 24.6 Å². The van der Waals surface area contributed by atoms with E-state index in [1.54, 1.807) is 39.0 Å². The van der Waals surface area contributed by atoms with Crippen LogP contribution in [0.25, 0.3) is 5.76 Å². The smallest absolute Gasteiger partial charge is 0.350 e. The van der Waals surface area contributed by atoms with Gasteiger partial charge in [-0.15, -0.1) is 0 Å². The topological polar surface area (TPSA) is 135 Å². The average Bonchev–Trinajstić information content (AvgIpc) is 3.44. The van der Waals surface area contributed by atoms with E-state index in [4.69, 9.17) is 14.2 Å². The summed E-state index contributed by atoms with van der Waals surface area (Å²) >= 11 is 0.886. The fraction of sp³-hybridized carbons (Fsp3) is 0.241. The molecule has 0 saturated carbocycles. The maximum atomic E-state index is 13.5. The molecular formula is C29H28N2O8S. The van der Waals surface area contributed by atoms with Crippen LogP contribution in [-0.4, -0.2) is 53.2 Å². The number of esters is 1. The molecule has 208 valence electrons. The van der Waals surface area contributed by atoms with Crippen LogP contribution in [-0.2, 0) is 14.3 Å². The van der Waals surface area contributed by atoms with Gasteiger partial charge in [0.2, 0.25) is 0 Å². The van der Waals surface area contributed by atoms with Gasteiger partial charge in [0.1, 0.15) is 23.0 Å². The highest BCUT2D eigenvalue weighted by Gasteiger charge is 2.48. The molecule has 0 aliphatic carbocycles. The van der Waals surface area contributed by atoms with E-state index in [1.165, 1.54) is 31.4 Å². The second-order valence-corrected chi connectivity index (χ2v) is 9.79. The maximum Gasteiger partial charge on any atom is 0.350 e. The minimum Gasteiger partial charge on any atom is -0.507 e. The van der Waals surface area contributed by atoms with Crippen LogP contribution in [0.4, 0.5) is 5.13 Å². The molecule has 1 atom stereocenters. The Kier molecular flexibility index (Phi) is 8.24. The Bertz CT molecular complexity index is 1540. The molecule has 4 rings (SSSR count). The van der Waals surface area contributed by atoms with Crippen molar-refractivity contribution in [3.05, 3.63) is 81.9 Å². The molecule has 2 heterocycles. The van der Waals surface area contributed by atoms with Gasteiger partial charge in [-0.25, -0.2) is 9.78 Å². The summed E-state index contributed by atoms with van der Waals surface area (Å²) < 4.78 is 16.0. The Morgan fingerprint density at radius 3 is 2.58 bits per heavy atom. The number of carbonyl (C=O) groups excluding carboxylic acids is 3. The number of methoxy groups -OCH3 is 1. The summed E-state index contributed by atoms with van der Waals surface area (Å²) in [7, 11) is 1.52. The first-order valence-corrected chi connectivity index (χ1v) is 13.1. The number of amides is 1. The summed E-state index contributed by atoms with van der Waals surface area (Å²) in [5.74, 6) is -2.34. The molecule has 1 unspecified atom stereocenters. The molecule has 1 amide bonds. The van der Waals surface area contributed by atoms with Crippen molar-refractivity contribution in [2.24, 2.45) is 0 Å². The molecule has 1 aromatic heterocycles. The fourth-order valence-electron chi connectivity index (χ4n) is 4.37. The van der Waals surface area contributed by atoms with Crippen molar-refractivity contribution >= 4 is 39.9 Å². The molecule has 1 saturated heterocycles. The van der Waals surface area contributed by atoms with Crippen molar-refractivity contribution in [1.29, 1.82) is 0 Å². The number of rotatable bonds is 9. The molecule has 0 spiro atoms. The first kappa shape index (κ1) is 28.4. The lowest BCUT2D eigenvalue weighted by Gasteiger charge is -2.23. The molecule has 0 bridgehead atoms. The summed E-state index contributed by atoms with van der Waals surface area (Å²) in [6, 6.07) is 8.11. The van der Waals surface area contributed by atoms with Crippen LogP contribution in [0.3, 0.4) is 0 Å². The minimum atomic E-state index is -1.15. The molecule has 0 radical (unpaired) electrons. The zero-order valence-electron chi connectivity index (χ0n) is 22.4. The number of phenolic OH excluding ortho intramolecular Hbond substituents is 1. The zero-order chi connectivity index (χ0) is 29.1. The summed E-state index contributed by atoms with van der Waals surface area (Å²) in [4.78, 5) is 45.3. The van der Waals surface area contributed by atoms with Crippen molar-refractivity contribution in [3.63, 3.8) is 0 Å². The number of aromatic nitrogens is 1. The largest absolute Gasteiger partial charge is 0.507 e. The van der Waals surface area contributed by atoms with Gasteiger partial charge in [-0.3, -0.25) is 14.5 Å². The van der Waals surface area contributed by atoms with Gasteiger partial charge >= 0.3 is 11.9 Å². The second-order valence-electron chi connectivity index (χ2n) is 8.81. The van der Waals surface area contributed by atoms with Crippen molar-refractivity contribution in [3.8, 4) is 17.2 Å². The zero-order valence-corrected chi connectivity index (χ0v) is 23.2. The summed E-state index contributed by atoms with van der Waals surface area (Å²) in [6.45, 7) is 8.89. The van der Waals surface area contributed by atoms with Gasteiger partial charge in [-0.1, -0.05) is 30.1 Å². The summed E-state index contributed by atoms with van der Waals surface area (Å²) in [6.07, 6.45) is 1.43. The Morgan fingerprint density at radius 1 is 1.18 bits per heavy atom. The lowest BCUT2D eigenvalue weighted by molar-refractivity contribution is -0.132. The van der Waals surface area contributed by atoms with Crippen molar-refractivity contribution in [2.45, 2.75) is 26.8 Å². The number of Topliss-reactive ketones (excluding diaryl/α,β-unsaturated/α-hetero) is 1. The minimum absolute atomic E-state index is 0.00892. The molecule has 1 aliphatic heterocycles. The number of aromatic hydroxyl groups is 1. The van der Waals surface area contributed by atoms with Crippen LogP contribution < -0.4 is 14.4 Å². The predicted octanol–water partition coefficient (Wildman–Crippen LogP) is 4.84. The number of nitrogens with zero attached hydrogens (tertiary/aromatic N) is 2. The maximum absolute atomic E-state index is 13.5. The van der Waals surface area contributed by atoms with Crippen LogP contribution in [0.1, 0.15) is 45.0 Å². The van der Waals surface area contributed by atoms with E-state index < -0.39 is 29.5 Å². The van der Waals surface area contributed by atoms with Gasteiger partial charge in [0.25, 0.3) is 5.78 Å². The highest BCUT2D eigenvalue weighted by Crippen LogP contribution is 2.45. The van der Waals surface area contributed by atoms with Gasteiger partial charge < -0.3 is 24.4 Å². The number of hydrogen-bond donors (Lipinski definition) is 2. The van der Waals surface area contributed by atoms with Gasteiger partial charge in [-0.05, 0) is 62.2 Å². The Hall–Kier alpha value is -4.64. The second kappa shape index (κ2) is 11.6. The number of ether oxygens (including phenoxy) is 3. The average molecular weight is 565 g/mol. The molecule has 3 aromatic rings. The quantitative estimate of drug-likeness (QED) is 0.123. The lowest BCUT2D eigenvalue weighted by atomic mass is 9.94. The third-order valence-electron chi connectivity index (χ3n) is 6.22. The first-order chi connectivity index (χ1) is 19.1. The van der Waals surface area contributed by atoms with Crippen LogP contribution in [0.5, 0.6) is 17.2 Å². The number of phenols is 1. The molecule has 1 fully saturated rings. The number of hydrogen-bond acceptors (Lipinski definition) is 10. The molecule has 1 aliphatic rings. The molecule has 2 N–H and O–H groups in total. The van der Waals surface area contributed by atoms with E-state index in [0.717, 1.165) is 16.2 Å². The summed E-state index contributed by atoms with van der Waals surface area (Å²) in [5.41, 5.74) is 1.50. The molecule has 40 heavy (non-hydrogen) atoms. The van der Waals surface area contributed by atoms with Crippen LogP contribution in [0.2, 0.25) is 0 Å². The number of ketones is 1. The van der Waals surface area contributed by atoms with Crippen molar-refractivity contribution in [2.75, 3.05) is 25.2 Å². The Balaban J connectivity index is 1.93. The SMILES string of the molecule is C=CCOC(=O)c1sc(N2C(=O)C(=O)C(=C(O)c3ccc(OC)c(C)c3)C2c2ccc(O)c(OCC)c2)nc1C. The van der Waals surface area contributed by atoms with Gasteiger partial charge in [-0.2, -0.15) is 0 Å². The van der Waals surface area contributed by atoms with Crippen molar-refractivity contribution < 1.29 is 38.8 Å². The highest BCUT2D eigenvalue weighted by atomic mass is 32.1. The predicted molar refractivity (Wildman–Crippen MR) is 149 cm³/mol. The number of aliphatic hydroxyl groups excluding tert-OH is 1. The Morgan fingerprint density at radius 2 is 1.93 bits per heavy atom. The number of thiazole rings is 1. The van der Waals surface area contributed by atoms with Crippen molar-refractivity contribution in [1.82, 2.24) is 4.98 Å². The van der Waals surface area contributed by atoms with E-state index in [-0.39, 0.29) is 40.3 Å². The number of aliphatic hydroxyl groups is 1. The standard InChI is InChI=1S/C29H28N2O8S/c1-6-12-39-28(36)26-16(4)30-29(40-26)31-23(17-8-10-19(32)21(14-17)38-7-2)22(25(34)27(31)35)24(33)18-9-11-20(37-5)15(3)13-18/h6,8-11,13-14,23,32-33H,1,7,12H2,2-5H3. The molecule has 2 aromatic carbocycles. The lowest BCUT2D eigenvalue weighted by Crippen LogP contribution is -2.29. The Labute approximate surface area is 234 Å². The monoisotopic (exact) mass is 564 g/mol. The number of aryl methyl sites for hydroxylation is 2. The molecular weight excluding hydrogens is 536 g/mol. The molecule has 10 nitrogen and oxygen atoms in total. The third kappa shape index (κ3) is 5.15. The normalized spacial score (nSPS) is 16.2. The van der Waals surface area contributed by atoms with Crippen LogP contribution in [0.15, 0.2) is 54.6 Å². The molecule has 11 heteroatoms. The van der Waals surface area contributed by atoms with E-state index in [2.05, 4.69) is 11.6 Å². The van der Waals surface area contributed by atoms with Gasteiger partial charge in [0.05, 0.1) is 31.0 Å². The van der Waals surface area contributed by atoms with Crippen LogP contribution in [0, 0.1) is 13.8 Å². The van der Waals surface area contributed by atoms with Gasteiger partial charge in [0, 0.05) is 5.56 Å². The highest BCUT2D eigenvalue weighted by molar-refractivity contribution is 7.17. The number of carbonyl (C=O) groups is 3. The van der Waals surface area contributed by atoms with E-state index in [1.807, 2.05) is 0 Å². The first-order valence-electron chi connectivity index (χ1n) is 12.3. The number of anilines is 1. The fourth-order valence-corrected chi connectivity index (χ4v) is 5.36. The summed E-state index contributed by atoms with van der Waals surface area (Å²) in [5, 5.41) is 21.8. The third-order valence-corrected chi connectivity index (χ3v) is 7.36. The number of benzene rings is 2. The van der Waals surface area contributed by atoms with E-state index in [0.29, 0.717) is 28.1 Å². The van der Waals surface area contributed by atoms with Crippen LogP contribution >= 0.6 is 11.3 Å².